The van der Waals surface area contributed by atoms with E-state index in [2.05, 4.69) is 16.0 Å². The van der Waals surface area contributed by atoms with Crippen molar-refractivity contribution in [2.24, 2.45) is 0 Å². The van der Waals surface area contributed by atoms with E-state index >= 15 is 0 Å². The molecule has 12 N–H and O–H groups in total. The smallest absolute Gasteiger partial charge is 0.356 e. The molecule has 0 spiro atoms. The van der Waals surface area contributed by atoms with Crippen LogP contribution in [0.25, 0.3) is 0 Å². The zero-order valence-corrected chi connectivity index (χ0v) is 30.8. The van der Waals surface area contributed by atoms with Crippen molar-refractivity contribution in [1.82, 2.24) is 16.0 Å². The normalized spacial score (nSPS) is 26.0. The lowest BCUT2D eigenvalue weighted by Gasteiger charge is -2.34. The number of carbonyl (C=O) groups is 3. The summed E-state index contributed by atoms with van der Waals surface area (Å²) in [6, 6.07) is 1.14. The van der Waals surface area contributed by atoms with Crippen LogP contribution in [0.2, 0.25) is 0 Å². The molecule has 18 nitrogen and oxygen atoms in total. The summed E-state index contributed by atoms with van der Waals surface area (Å²) < 4.78 is 34.3. The summed E-state index contributed by atoms with van der Waals surface area (Å²) in [6.07, 6.45) is 6.33. The second-order valence-corrected chi connectivity index (χ2v) is 18.3. The fourth-order valence-electron chi connectivity index (χ4n) is 7.20. The molecule has 21 heteroatoms. The van der Waals surface area contributed by atoms with Crippen LogP contribution in [0.1, 0.15) is 55.2 Å². The van der Waals surface area contributed by atoms with Gasteiger partial charge in [-0.05, 0) is 74.1 Å². The third-order valence-corrected chi connectivity index (χ3v) is 13.6. The van der Waals surface area contributed by atoms with Gasteiger partial charge in [0.2, 0.25) is 0 Å². The molecule has 3 aliphatic heterocycles. The lowest BCUT2D eigenvalue weighted by Crippen LogP contribution is -2.44. The van der Waals surface area contributed by atoms with Gasteiger partial charge in [-0.2, -0.15) is 0 Å². The van der Waals surface area contributed by atoms with Gasteiger partial charge in [0.05, 0.1) is 11.0 Å². The number of rotatable bonds is 6. The van der Waals surface area contributed by atoms with Crippen LogP contribution in [0.15, 0.2) is 46.6 Å². The molecule has 288 valence electrons. The molecule has 0 saturated carbocycles. The van der Waals surface area contributed by atoms with Crippen molar-refractivity contribution in [2.45, 2.75) is 87.9 Å². The number of carboxylic acid groups (broad SMARTS) is 3. The standard InChI is InChI=1S/C11H14NO5P.C10H16NO5P.C10H14NO5P/c1-6-2-3-7-5-12-9(11(13)14)4-8(7)10(6)18(15,16)17;2*12-10(13)8-4-7-6(5-11-8)2-1-3-9(7)17(14,15)16/h2-3,9,12H,4-5H2,1H3,(H,13,14)(H2,15,16,17);8-9,11H,1-5H2,(H,12,13)(H2,14,15,16);1,3,8-9,11H,2,4-5H2,(H,12,13)(H2,14,15,16). The van der Waals surface area contributed by atoms with E-state index in [1.54, 1.807) is 25.1 Å². The van der Waals surface area contributed by atoms with E-state index in [1.165, 1.54) is 6.08 Å². The second-order valence-electron chi connectivity index (χ2n) is 13.3. The van der Waals surface area contributed by atoms with Crippen LogP contribution in [0.5, 0.6) is 0 Å². The van der Waals surface area contributed by atoms with Gasteiger partial charge < -0.3 is 60.6 Å². The molecule has 1 aromatic rings. The summed E-state index contributed by atoms with van der Waals surface area (Å²) in [7, 11) is -12.8. The van der Waals surface area contributed by atoms with Crippen molar-refractivity contribution in [3.8, 4) is 0 Å². The molecule has 2 aliphatic carbocycles. The minimum absolute atomic E-state index is 0.0206. The maximum Gasteiger partial charge on any atom is 0.356 e. The molecular formula is C31H44N3O15P3. The van der Waals surface area contributed by atoms with Crippen LogP contribution in [0, 0.1) is 6.92 Å². The van der Waals surface area contributed by atoms with Gasteiger partial charge in [-0.3, -0.25) is 28.1 Å². The minimum atomic E-state index is -4.39. The van der Waals surface area contributed by atoms with Gasteiger partial charge in [0.25, 0.3) is 0 Å². The molecule has 5 aliphatic rings. The largest absolute Gasteiger partial charge is 0.480 e. The second kappa shape index (κ2) is 16.7. The van der Waals surface area contributed by atoms with E-state index in [0.717, 1.165) is 29.6 Å². The molecule has 5 atom stereocenters. The van der Waals surface area contributed by atoms with Crippen molar-refractivity contribution < 1.29 is 72.8 Å². The fourth-order valence-corrected chi connectivity index (χ4v) is 10.6. The first-order chi connectivity index (χ1) is 24.1. The van der Waals surface area contributed by atoms with E-state index in [-0.39, 0.29) is 24.6 Å². The van der Waals surface area contributed by atoms with Crippen molar-refractivity contribution >= 4 is 46.0 Å². The molecular weight excluding hydrogens is 747 g/mol. The van der Waals surface area contributed by atoms with Crippen LogP contribution in [0.3, 0.4) is 0 Å². The molecule has 3 heterocycles. The van der Waals surface area contributed by atoms with Crippen molar-refractivity contribution in [3.63, 3.8) is 0 Å². The zero-order chi connectivity index (χ0) is 38.8. The Balaban J connectivity index is 0.000000175. The van der Waals surface area contributed by atoms with E-state index in [9.17, 15) is 57.4 Å². The van der Waals surface area contributed by atoms with Gasteiger partial charge in [-0.25, -0.2) is 0 Å². The number of hydrogen-bond donors (Lipinski definition) is 12. The minimum Gasteiger partial charge on any atom is -0.480 e. The molecule has 0 amide bonds. The summed E-state index contributed by atoms with van der Waals surface area (Å²) in [5.74, 6) is -2.97. The lowest BCUT2D eigenvalue weighted by atomic mass is 9.85. The van der Waals surface area contributed by atoms with Crippen LogP contribution in [-0.4, -0.2) is 105 Å². The maximum atomic E-state index is 11.5. The molecule has 5 unspecified atom stereocenters. The summed E-state index contributed by atoms with van der Waals surface area (Å²) in [5, 5.41) is 35.4. The lowest BCUT2D eigenvalue weighted by molar-refractivity contribution is -0.140. The molecule has 1 aromatic carbocycles. The third kappa shape index (κ3) is 10.2. The highest BCUT2D eigenvalue weighted by molar-refractivity contribution is 7.60. The third-order valence-electron chi connectivity index (χ3n) is 9.76. The van der Waals surface area contributed by atoms with Crippen LogP contribution in [-0.2, 0) is 41.0 Å². The predicted octanol–water partition coefficient (Wildman–Crippen LogP) is 0.592. The average molecular weight is 792 g/mol. The molecule has 6 rings (SSSR count). The highest BCUT2D eigenvalue weighted by atomic mass is 31.2. The molecule has 0 radical (unpaired) electrons. The Morgan fingerprint density at radius 3 is 1.79 bits per heavy atom. The first-order valence-corrected chi connectivity index (χ1v) is 21.3. The van der Waals surface area contributed by atoms with Crippen LogP contribution < -0.4 is 21.3 Å². The quantitative estimate of drug-likeness (QED) is 0.139. The van der Waals surface area contributed by atoms with E-state index in [0.29, 0.717) is 54.7 Å². The van der Waals surface area contributed by atoms with E-state index < -0.39 is 70.1 Å². The Bertz CT molecular complexity index is 1790. The summed E-state index contributed by atoms with van der Waals surface area (Å²) in [5.41, 5.74) is 3.15. The van der Waals surface area contributed by atoms with Gasteiger partial charge in [-0.15, -0.1) is 0 Å². The monoisotopic (exact) mass is 791 g/mol. The fraction of sp³-hybridized carbons (Fsp3) is 0.516. The summed E-state index contributed by atoms with van der Waals surface area (Å²) in [6.45, 7) is 2.74. The van der Waals surface area contributed by atoms with Crippen molar-refractivity contribution in [3.05, 3.63) is 63.3 Å². The highest BCUT2D eigenvalue weighted by Gasteiger charge is 2.40. The molecule has 0 aromatic heterocycles. The number of benzene rings is 1. The Labute approximate surface area is 298 Å². The topological polar surface area (TPSA) is 321 Å². The SMILES string of the molecule is Cc1ccc2c(c1P(=O)(O)O)CC(C(=O)O)NC2.O=C(O)C1CC2=C(CC=CC2P(=O)(O)O)CN1.O=C(O)C1CC2=C(CCCC2P(=O)(O)O)CN1. The van der Waals surface area contributed by atoms with Crippen LogP contribution in [0.4, 0.5) is 0 Å². The number of carboxylic acids is 3. The molecule has 0 saturated heterocycles. The molecule has 0 bridgehead atoms. The number of aliphatic carboxylic acids is 3. The highest BCUT2D eigenvalue weighted by Crippen LogP contribution is 2.52. The van der Waals surface area contributed by atoms with Gasteiger partial charge in [0.15, 0.2) is 0 Å². The molecule has 52 heavy (non-hydrogen) atoms. The van der Waals surface area contributed by atoms with Gasteiger partial charge in [0, 0.05) is 19.6 Å². The summed E-state index contributed by atoms with van der Waals surface area (Å²) in [4.78, 5) is 88.7. The van der Waals surface area contributed by atoms with Crippen molar-refractivity contribution in [1.29, 1.82) is 0 Å². The van der Waals surface area contributed by atoms with Crippen molar-refractivity contribution in [2.75, 3.05) is 13.1 Å². The van der Waals surface area contributed by atoms with Gasteiger partial charge in [-0.1, -0.05) is 41.0 Å². The number of aryl methyl sites for hydroxylation is 1. The van der Waals surface area contributed by atoms with E-state index in [1.807, 2.05) is 0 Å². The van der Waals surface area contributed by atoms with Gasteiger partial charge in [0.1, 0.15) is 23.8 Å². The number of nitrogens with one attached hydrogen (secondary N) is 3. The Kier molecular flexibility index (Phi) is 13.5. The number of fused-ring (bicyclic) bond motifs is 1. The van der Waals surface area contributed by atoms with Gasteiger partial charge >= 0.3 is 40.7 Å². The number of allylic oxidation sites excluding steroid dienone is 2. The summed E-state index contributed by atoms with van der Waals surface area (Å²) >= 11 is 0. The Morgan fingerprint density at radius 2 is 1.25 bits per heavy atom. The predicted molar refractivity (Wildman–Crippen MR) is 186 cm³/mol. The molecule has 0 fully saturated rings. The first kappa shape index (κ1) is 41.9. The maximum absolute atomic E-state index is 11.5. The number of hydrogen-bond acceptors (Lipinski definition) is 9. The van der Waals surface area contributed by atoms with E-state index in [4.69, 9.17) is 15.3 Å². The zero-order valence-electron chi connectivity index (χ0n) is 28.1. The first-order valence-electron chi connectivity index (χ1n) is 16.3. The Hall–Kier alpha value is -2.82. The van der Waals surface area contributed by atoms with Crippen LogP contribution >= 0.6 is 22.8 Å². The Morgan fingerprint density at radius 1 is 0.712 bits per heavy atom. The average Bonchev–Trinajstić information content (AvgIpc) is 3.05.